The van der Waals surface area contributed by atoms with E-state index in [4.69, 9.17) is 9.47 Å². The molecule has 1 fully saturated rings. The second kappa shape index (κ2) is 5.82. The van der Waals surface area contributed by atoms with Crippen LogP contribution < -0.4 is 10.1 Å². The van der Waals surface area contributed by atoms with E-state index in [2.05, 4.69) is 15.3 Å². The summed E-state index contributed by atoms with van der Waals surface area (Å²) in [6, 6.07) is 2.17. The number of hydrogen-bond acceptors (Lipinski definition) is 5. The van der Waals surface area contributed by atoms with E-state index in [9.17, 15) is 0 Å². The van der Waals surface area contributed by atoms with Gasteiger partial charge in [0.15, 0.2) is 0 Å². The topological polar surface area (TPSA) is 56.3 Å². The van der Waals surface area contributed by atoms with E-state index in [1.54, 1.807) is 12.3 Å². The molecule has 0 bridgehead atoms. The lowest BCUT2D eigenvalue weighted by molar-refractivity contribution is 0.0903. The number of rotatable bonds is 4. The Balaban J connectivity index is 1.95. The van der Waals surface area contributed by atoms with E-state index in [1.165, 1.54) is 0 Å². The van der Waals surface area contributed by atoms with Gasteiger partial charge in [0.1, 0.15) is 0 Å². The van der Waals surface area contributed by atoms with Gasteiger partial charge in [-0.2, -0.15) is 4.98 Å². The molecule has 0 unspecified atom stereocenters. The maximum Gasteiger partial charge on any atom is 0.226 e. The van der Waals surface area contributed by atoms with Crippen LogP contribution in [0.4, 0.5) is 5.95 Å². The molecule has 2 heterocycles. The zero-order chi connectivity index (χ0) is 12.1. The van der Waals surface area contributed by atoms with Crippen LogP contribution >= 0.6 is 0 Å². The van der Waals surface area contributed by atoms with Gasteiger partial charge in [0.2, 0.25) is 11.8 Å². The zero-order valence-corrected chi connectivity index (χ0v) is 10.3. The van der Waals surface area contributed by atoms with Crippen molar-refractivity contribution in [3.8, 4) is 5.88 Å². The minimum absolute atomic E-state index is 0.126. The standard InChI is InChI=1S/C12H19N3O2/c1-9(2)17-11-3-6-13-12(15-11)14-10-4-7-16-8-5-10/h3,6,9-10H,4-5,7-8H2,1-2H3,(H,13,14,15). The molecule has 2 rings (SSSR count). The molecule has 0 radical (unpaired) electrons. The summed E-state index contributed by atoms with van der Waals surface area (Å²) < 4.78 is 10.8. The first-order valence-electron chi connectivity index (χ1n) is 6.08. The fraction of sp³-hybridized carbons (Fsp3) is 0.667. The summed E-state index contributed by atoms with van der Waals surface area (Å²) in [5, 5.41) is 3.31. The summed E-state index contributed by atoms with van der Waals surface area (Å²) in [5.41, 5.74) is 0. The van der Waals surface area contributed by atoms with Crippen molar-refractivity contribution in [2.24, 2.45) is 0 Å². The number of nitrogens with one attached hydrogen (secondary N) is 1. The molecule has 0 saturated carbocycles. The maximum absolute atomic E-state index is 5.53. The maximum atomic E-state index is 5.53. The molecule has 1 aromatic heterocycles. The number of hydrogen-bond donors (Lipinski definition) is 1. The molecule has 1 aliphatic heterocycles. The van der Waals surface area contributed by atoms with Crippen molar-refractivity contribution in [1.82, 2.24) is 9.97 Å². The highest BCUT2D eigenvalue weighted by molar-refractivity contribution is 5.29. The van der Waals surface area contributed by atoms with Gasteiger partial charge in [-0.15, -0.1) is 0 Å². The van der Waals surface area contributed by atoms with Gasteiger partial charge in [0.25, 0.3) is 0 Å². The van der Waals surface area contributed by atoms with Gasteiger partial charge >= 0.3 is 0 Å². The second-order valence-corrected chi connectivity index (χ2v) is 4.42. The van der Waals surface area contributed by atoms with Gasteiger partial charge in [-0.05, 0) is 26.7 Å². The Hall–Kier alpha value is -1.36. The number of aromatic nitrogens is 2. The molecule has 0 aliphatic carbocycles. The molecule has 0 aromatic carbocycles. The van der Waals surface area contributed by atoms with Gasteiger partial charge in [-0.3, -0.25) is 0 Å². The van der Waals surface area contributed by atoms with Crippen LogP contribution in [0.3, 0.4) is 0 Å². The molecule has 0 amide bonds. The van der Waals surface area contributed by atoms with E-state index in [1.807, 2.05) is 13.8 Å². The largest absolute Gasteiger partial charge is 0.475 e. The molecule has 0 atom stereocenters. The fourth-order valence-electron chi connectivity index (χ4n) is 1.74. The van der Waals surface area contributed by atoms with Crippen LogP contribution in [-0.2, 0) is 4.74 Å². The highest BCUT2D eigenvalue weighted by Crippen LogP contribution is 2.14. The summed E-state index contributed by atoms with van der Waals surface area (Å²) >= 11 is 0. The lowest BCUT2D eigenvalue weighted by Crippen LogP contribution is -2.28. The first-order chi connectivity index (χ1) is 8.24. The first-order valence-corrected chi connectivity index (χ1v) is 6.08. The van der Waals surface area contributed by atoms with E-state index in [0.29, 0.717) is 17.9 Å². The van der Waals surface area contributed by atoms with Crippen LogP contribution in [-0.4, -0.2) is 35.3 Å². The van der Waals surface area contributed by atoms with Crippen LogP contribution in [0.25, 0.3) is 0 Å². The monoisotopic (exact) mass is 237 g/mol. The van der Waals surface area contributed by atoms with Crippen LogP contribution in [0.1, 0.15) is 26.7 Å². The highest BCUT2D eigenvalue weighted by Gasteiger charge is 2.14. The zero-order valence-electron chi connectivity index (χ0n) is 10.3. The van der Waals surface area contributed by atoms with Crippen LogP contribution in [0.5, 0.6) is 5.88 Å². The SMILES string of the molecule is CC(C)Oc1ccnc(NC2CCOCC2)n1. The number of nitrogens with zero attached hydrogens (tertiary/aromatic N) is 2. The predicted molar refractivity (Wildman–Crippen MR) is 65.3 cm³/mol. The van der Waals surface area contributed by atoms with Gasteiger partial charge in [0, 0.05) is 31.5 Å². The molecule has 5 heteroatoms. The summed E-state index contributed by atoms with van der Waals surface area (Å²) in [6.07, 6.45) is 3.84. The molecule has 1 N–H and O–H groups in total. The fourth-order valence-corrected chi connectivity index (χ4v) is 1.74. The Morgan fingerprint density at radius 1 is 1.41 bits per heavy atom. The first kappa shape index (κ1) is 12.1. The molecular weight excluding hydrogens is 218 g/mol. The summed E-state index contributed by atoms with van der Waals surface area (Å²) in [4.78, 5) is 8.52. The second-order valence-electron chi connectivity index (χ2n) is 4.42. The Kier molecular flexibility index (Phi) is 4.14. The smallest absolute Gasteiger partial charge is 0.226 e. The molecule has 5 nitrogen and oxygen atoms in total. The van der Waals surface area contributed by atoms with Crippen LogP contribution in [0.15, 0.2) is 12.3 Å². The van der Waals surface area contributed by atoms with Gasteiger partial charge < -0.3 is 14.8 Å². The number of anilines is 1. The normalized spacial score (nSPS) is 17.1. The van der Waals surface area contributed by atoms with Crippen molar-refractivity contribution in [2.45, 2.75) is 38.8 Å². The molecule has 94 valence electrons. The minimum Gasteiger partial charge on any atom is -0.475 e. The van der Waals surface area contributed by atoms with E-state index >= 15 is 0 Å². The quantitative estimate of drug-likeness (QED) is 0.866. The average Bonchev–Trinajstić information content (AvgIpc) is 2.30. The average molecular weight is 237 g/mol. The Morgan fingerprint density at radius 3 is 2.88 bits per heavy atom. The van der Waals surface area contributed by atoms with Crippen molar-refractivity contribution >= 4 is 5.95 Å². The van der Waals surface area contributed by atoms with Crippen molar-refractivity contribution in [2.75, 3.05) is 18.5 Å². The Bertz CT molecular complexity index is 351. The van der Waals surface area contributed by atoms with E-state index in [-0.39, 0.29) is 6.10 Å². The third-order valence-electron chi connectivity index (χ3n) is 2.54. The van der Waals surface area contributed by atoms with Gasteiger partial charge in [-0.1, -0.05) is 0 Å². The predicted octanol–water partition coefficient (Wildman–Crippen LogP) is 1.85. The van der Waals surface area contributed by atoms with Crippen molar-refractivity contribution < 1.29 is 9.47 Å². The lowest BCUT2D eigenvalue weighted by atomic mass is 10.1. The van der Waals surface area contributed by atoms with E-state index < -0.39 is 0 Å². The minimum atomic E-state index is 0.126. The Morgan fingerprint density at radius 2 is 2.18 bits per heavy atom. The summed E-state index contributed by atoms with van der Waals surface area (Å²) in [5.74, 6) is 1.25. The summed E-state index contributed by atoms with van der Waals surface area (Å²) in [7, 11) is 0. The van der Waals surface area contributed by atoms with Gasteiger partial charge in [-0.25, -0.2) is 4.98 Å². The molecule has 1 saturated heterocycles. The van der Waals surface area contributed by atoms with Crippen LogP contribution in [0.2, 0.25) is 0 Å². The van der Waals surface area contributed by atoms with E-state index in [0.717, 1.165) is 26.1 Å². The third kappa shape index (κ3) is 3.85. The van der Waals surface area contributed by atoms with Crippen molar-refractivity contribution in [3.63, 3.8) is 0 Å². The van der Waals surface area contributed by atoms with Crippen molar-refractivity contribution in [1.29, 1.82) is 0 Å². The molecule has 17 heavy (non-hydrogen) atoms. The Labute approximate surface area is 102 Å². The molecular formula is C12H19N3O2. The molecule has 1 aromatic rings. The third-order valence-corrected chi connectivity index (χ3v) is 2.54. The van der Waals surface area contributed by atoms with Gasteiger partial charge in [0.05, 0.1) is 6.10 Å². The molecule has 0 spiro atoms. The highest BCUT2D eigenvalue weighted by atomic mass is 16.5. The van der Waals surface area contributed by atoms with Crippen LogP contribution in [0, 0.1) is 0 Å². The number of ether oxygens (including phenoxy) is 2. The lowest BCUT2D eigenvalue weighted by Gasteiger charge is -2.23. The van der Waals surface area contributed by atoms with Crippen molar-refractivity contribution in [3.05, 3.63) is 12.3 Å². The molecule has 1 aliphatic rings. The summed E-state index contributed by atoms with van der Waals surface area (Å²) in [6.45, 7) is 5.57.